The number of aliphatic carboxylic acids is 1. The SMILES string of the molecule is CCCC[C@H](NC(=O)COc1ccc2c3c(c(=O)oc2c1C)CCCC3)C(=O)[O-]. The second kappa shape index (κ2) is 9.11. The number of fused-ring (bicyclic) bond motifs is 3. The van der Waals surface area contributed by atoms with Crippen LogP contribution in [0.25, 0.3) is 11.0 Å². The van der Waals surface area contributed by atoms with Crippen molar-refractivity contribution in [3.8, 4) is 5.75 Å². The van der Waals surface area contributed by atoms with Crippen molar-refractivity contribution in [2.24, 2.45) is 0 Å². The maximum Gasteiger partial charge on any atom is 0.339 e. The highest BCUT2D eigenvalue weighted by molar-refractivity contribution is 5.87. The van der Waals surface area contributed by atoms with Crippen LogP contribution in [0.4, 0.5) is 0 Å². The molecule has 0 spiro atoms. The molecule has 7 nitrogen and oxygen atoms in total. The van der Waals surface area contributed by atoms with Gasteiger partial charge >= 0.3 is 5.63 Å². The number of ether oxygens (including phenoxy) is 1. The number of carboxylic acid groups (broad SMARTS) is 1. The topological polar surface area (TPSA) is 109 Å². The highest BCUT2D eigenvalue weighted by Crippen LogP contribution is 2.32. The first-order chi connectivity index (χ1) is 13.9. The second-order valence-electron chi connectivity index (χ2n) is 7.49. The zero-order chi connectivity index (χ0) is 21.0. The van der Waals surface area contributed by atoms with Crippen molar-refractivity contribution in [1.29, 1.82) is 0 Å². The summed E-state index contributed by atoms with van der Waals surface area (Å²) in [5.41, 5.74) is 2.62. The molecule has 1 amide bonds. The van der Waals surface area contributed by atoms with Gasteiger partial charge in [0.25, 0.3) is 5.91 Å². The summed E-state index contributed by atoms with van der Waals surface area (Å²) < 4.78 is 11.1. The summed E-state index contributed by atoms with van der Waals surface area (Å²) in [6, 6.07) is 2.58. The van der Waals surface area contributed by atoms with Crippen molar-refractivity contribution in [2.45, 2.75) is 64.8 Å². The molecule has 1 heterocycles. The van der Waals surface area contributed by atoms with Crippen LogP contribution in [0.15, 0.2) is 21.3 Å². The summed E-state index contributed by atoms with van der Waals surface area (Å²) in [7, 11) is 0. The van der Waals surface area contributed by atoms with E-state index in [0.717, 1.165) is 48.6 Å². The molecule has 1 atom stereocenters. The molecule has 0 saturated heterocycles. The fourth-order valence-corrected chi connectivity index (χ4v) is 3.82. The number of rotatable bonds is 8. The van der Waals surface area contributed by atoms with E-state index in [-0.39, 0.29) is 12.2 Å². The minimum atomic E-state index is -1.31. The zero-order valence-corrected chi connectivity index (χ0v) is 16.8. The lowest BCUT2D eigenvalue weighted by Gasteiger charge is -2.20. The van der Waals surface area contributed by atoms with Gasteiger partial charge in [-0.3, -0.25) is 4.79 Å². The first-order valence-corrected chi connectivity index (χ1v) is 10.1. The molecule has 1 aromatic heterocycles. The maximum atomic E-state index is 12.3. The summed E-state index contributed by atoms with van der Waals surface area (Å²) in [6.07, 6.45) is 5.43. The van der Waals surface area contributed by atoms with E-state index in [2.05, 4.69) is 5.32 Å². The average Bonchev–Trinajstić information content (AvgIpc) is 2.71. The van der Waals surface area contributed by atoms with Crippen molar-refractivity contribution >= 4 is 22.8 Å². The third kappa shape index (κ3) is 4.60. The van der Waals surface area contributed by atoms with Crippen LogP contribution in [-0.2, 0) is 22.4 Å². The van der Waals surface area contributed by atoms with Crippen LogP contribution < -0.4 is 20.8 Å². The Hall–Kier alpha value is -2.83. The normalized spacial score (nSPS) is 14.3. The van der Waals surface area contributed by atoms with E-state index in [1.807, 2.05) is 13.0 Å². The van der Waals surface area contributed by atoms with Crippen LogP contribution in [0.3, 0.4) is 0 Å². The first-order valence-electron chi connectivity index (χ1n) is 10.1. The number of carbonyl (C=O) groups excluding carboxylic acids is 2. The summed E-state index contributed by atoms with van der Waals surface area (Å²) in [4.78, 5) is 35.6. The standard InChI is InChI=1S/C22H27NO6/c1-3-4-9-17(21(25)26)23-19(24)12-28-18-11-10-15-14-7-5-6-8-16(14)22(27)29-20(15)13(18)2/h10-11,17H,3-9,12H2,1-2H3,(H,23,24)(H,25,26)/p-1/t17-/m0/s1. The van der Waals surface area contributed by atoms with E-state index in [1.165, 1.54) is 0 Å². The zero-order valence-electron chi connectivity index (χ0n) is 16.8. The van der Waals surface area contributed by atoms with E-state index in [0.29, 0.717) is 29.7 Å². The number of hydrogen-bond acceptors (Lipinski definition) is 6. The van der Waals surface area contributed by atoms with E-state index in [9.17, 15) is 19.5 Å². The fraction of sp³-hybridized carbons (Fsp3) is 0.500. The van der Waals surface area contributed by atoms with E-state index < -0.39 is 17.9 Å². The lowest BCUT2D eigenvalue weighted by molar-refractivity contribution is -0.308. The molecule has 0 fully saturated rings. The van der Waals surface area contributed by atoms with E-state index in [4.69, 9.17) is 9.15 Å². The van der Waals surface area contributed by atoms with Crippen LogP contribution >= 0.6 is 0 Å². The van der Waals surface area contributed by atoms with E-state index in [1.54, 1.807) is 13.0 Å². The molecule has 1 aromatic carbocycles. The molecule has 0 aliphatic heterocycles. The Balaban J connectivity index is 1.75. The highest BCUT2D eigenvalue weighted by Gasteiger charge is 2.20. The minimum Gasteiger partial charge on any atom is -0.548 e. The summed E-state index contributed by atoms with van der Waals surface area (Å²) in [5.74, 6) is -1.42. The number of nitrogens with one attached hydrogen (secondary N) is 1. The predicted molar refractivity (Wildman–Crippen MR) is 106 cm³/mol. The number of amides is 1. The summed E-state index contributed by atoms with van der Waals surface area (Å²) in [5, 5.41) is 14.5. The van der Waals surface area contributed by atoms with Gasteiger partial charge in [-0.2, -0.15) is 0 Å². The summed E-state index contributed by atoms with van der Waals surface area (Å²) in [6.45, 7) is 3.38. The third-order valence-electron chi connectivity index (χ3n) is 5.42. The average molecular weight is 400 g/mol. The van der Waals surface area contributed by atoms with Gasteiger partial charge in [0, 0.05) is 16.5 Å². The monoisotopic (exact) mass is 400 g/mol. The Kier molecular flexibility index (Phi) is 6.56. The highest BCUT2D eigenvalue weighted by atomic mass is 16.5. The van der Waals surface area contributed by atoms with Gasteiger partial charge in [0.05, 0.1) is 12.0 Å². The van der Waals surface area contributed by atoms with E-state index >= 15 is 0 Å². The smallest absolute Gasteiger partial charge is 0.339 e. The van der Waals surface area contributed by atoms with Crippen molar-refractivity contribution in [3.05, 3.63) is 39.2 Å². The van der Waals surface area contributed by atoms with Crippen LogP contribution in [0, 0.1) is 6.92 Å². The Labute approximate surface area is 169 Å². The second-order valence-corrected chi connectivity index (χ2v) is 7.49. The van der Waals surface area contributed by atoms with Crippen molar-refractivity contribution in [3.63, 3.8) is 0 Å². The number of unbranched alkanes of at least 4 members (excludes halogenated alkanes) is 1. The summed E-state index contributed by atoms with van der Waals surface area (Å²) >= 11 is 0. The number of aryl methyl sites for hydroxylation is 2. The molecule has 0 saturated carbocycles. The largest absolute Gasteiger partial charge is 0.548 e. The molecule has 0 unspecified atom stereocenters. The predicted octanol–water partition coefficient (Wildman–Crippen LogP) is 1.78. The van der Waals surface area contributed by atoms with Crippen molar-refractivity contribution in [1.82, 2.24) is 5.32 Å². The van der Waals surface area contributed by atoms with Gasteiger partial charge in [0.2, 0.25) is 0 Å². The number of carbonyl (C=O) groups is 2. The minimum absolute atomic E-state index is 0.307. The van der Waals surface area contributed by atoms with Gasteiger partial charge in [-0.25, -0.2) is 4.79 Å². The van der Waals surface area contributed by atoms with Crippen LogP contribution in [0.1, 0.15) is 55.7 Å². The van der Waals surface area contributed by atoms with Crippen molar-refractivity contribution < 1.29 is 23.8 Å². The first kappa shape index (κ1) is 20.9. The fourth-order valence-electron chi connectivity index (χ4n) is 3.82. The molecule has 29 heavy (non-hydrogen) atoms. The molecular formula is C22H26NO6-. The number of carboxylic acids is 1. The van der Waals surface area contributed by atoms with Gasteiger partial charge < -0.3 is 24.4 Å². The van der Waals surface area contributed by atoms with Crippen LogP contribution in [-0.4, -0.2) is 24.5 Å². The Morgan fingerprint density at radius 1 is 1.24 bits per heavy atom. The number of benzene rings is 1. The van der Waals surface area contributed by atoms with Crippen LogP contribution in [0.5, 0.6) is 5.75 Å². The Morgan fingerprint density at radius 2 is 1.97 bits per heavy atom. The maximum absolute atomic E-state index is 12.3. The molecule has 1 aliphatic rings. The molecule has 0 bridgehead atoms. The third-order valence-corrected chi connectivity index (χ3v) is 5.42. The molecule has 3 rings (SSSR count). The molecule has 156 valence electrons. The van der Waals surface area contributed by atoms with Gasteiger partial charge in [-0.15, -0.1) is 0 Å². The van der Waals surface area contributed by atoms with Gasteiger partial charge in [0.15, 0.2) is 6.61 Å². The molecular weight excluding hydrogens is 374 g/mol. The molecule has 1 aliphatic carbocycles. The Morgan fingerprint density at radius 3 is 2.66 bits per heavy atom. The molecule has 0 radical (unpaired) electrons. The Bertz CT molecular complexity index is 977. The lowest BCUT2D eigenvalue weighted by Crippen LogP contribution is -2.49. The van der Waals surface area contributed by atoms with Gasteiger partial charge in [-0.1, -0.05) is 19.8 Å². The number of hydrogen-bond donors (Lipinski definition) is 1. The van der Waals surface area contributed by atoms with Crippen LogP contribution in [0.2, 0.25) is 0 Å². The van der Waals surface area contributed by atoms with Crippen molar-refractivity contribution in [2.75, 3.05) is 6.61 Å². The van der Waals surface area contributed by atoms with Gasteiger partial charge in [0.1, 0.15) is 11.3 Å². The molecule has 2 aromatic rings. The quantitative estimate of drug-likeness (QED) is 0.677. The van der Waals surface area contributed by atoms with Gasteiger partial charge in [-0.05, 0) is 56.7 Å². The molecule has 7 heteroatoms. The lowest BCUT2D eigenvalue weighted by atomic mass is 9.90. The molecule has 1 N–H and O–H groups in total.